The lowest BCUT2D eigenvalue weighted by Gasteiger charge is -2.28. The molecule has 50 heavy (non-hydrogen) atoms. The fraction of sp³-hybridized carbons (Fsp3) is 0.211. The van der Waals surface area contributed by atoms with Gasteiger partial charge in [-0.15, -0.1) is 0 Å². The summed E-state index contributed by atoms with van der Waals surface area (Å²) in [5, 5.41) is 18.9. The number of benzene rings is 4. The summed E-state index contributed by atoms with van der Waals surface area (Å²) in [5.41, 5.74) is 5.06. The van der Waals surface area contributed by atoms with Gasteiger partial charge in [0.25, 0.3) is 11.8 Å². The fourth-order valence-electron chi connectivity index (χ4n) is 5.85. The first-order chi connectivity index (χ1) is 24.2. The van der Waals surface area contributed by atoms with E-state index in [1.807, 2.05) is 48.5 Å². The number of Topliss-reactive ketones (excluding diaryl/α,β-unsaturated/α-hetero) is 1. The van der Waals surface area contributed by atoms with E-state index in [0.717, 1.165) is 22.3 Å². The van der Waals surface area contributed by atoms with Crippen LogP contribution in [0.2, 0.25) is 0 Å². The van der Waals surface area contributed by atoms with E-state index in [2.05, 4.69) is 21.3 Å². The summed E-state index contributed by atoms with van der Waals surface area (Å²) in [7, 11) is 0. The normalized spacial score (nSPS) is 12.7. The number of aliphatic carboxylic acids is 1. The molecule has 0 saturated heterocycles. The van der Waals surface area contributed by atoms with Crippen LogP contribution in [0.15, 0.2) is 109 Å². The molecule has 0 fully saturated rings. The Morgan fingerprint density at radius 2 is 1.28 bits per heavy atom. The number of ketones is 1. The highest BCUT2D eigenvalue weighted by Gasteiger charge is 2.36. The Bertz CT molecular complexity index is 1820. The van der Waals surface area contributed by atoms with Crippen molar-refractivity contribution in [2.45, 2.75) is 30.8 Å². The van der Waals surface area contributed by atoms with Gasteiger partial charge in [-0.1, -0.05) is 97.1 Å². The van der Waals surface area contributed by atoms with Crippen LogP contribution < -0.4 is 21.3 Å². The molecule has 0 unspecified atom stereocenters. The lowest BCUT2D eigenvalue weighted by molar-refractivity contribution is -0.141. The predicted molar refractivity (Wildman–Crippen MR) is 183 cm³/mol. The number of ether oxygens (including phenoxy) is 1. The van der Waals surface area contributed by atoms with Crippen molar-refractivity contribution in [3.8, 4) is 11.1 Å². The molecule has 256 valence electrons. The van der Waals surface area contributed by atoms with Gasteiger partial charge in [0.15, 0.2) is 0 Å². The van der Waals surface area contributed by atoms with E-state index >= 15 is 0 Å². The molecule has 4 aromatic rings. The largest absolute Gasteiger partial charge is 0.481 e. The second-order valence-corrected chi connectivity index (χ2v) is 11.6. The van der Waals surface area contributed by atoms with Crippen molar-refractivity contribution < 1.29 is 38.6 Å². The monoisotopic (exact) mass is 676 g/mol. The average Bonchev–Trinajstić information content (AvgIpc) is 3.45. The van der Waals surface area contributed by atoms with Gasteiger partial charge in [0.1, 0.15) is 12.6 Å². The second kappa shape index (κ2) is 16.7. The molecule has 0 heterocycles. The second-order valence-electron chi connectivity index (χ2n) is 11.6. The highest BCUT2D eigenvalue weighted by atomic mass is 16.5. The molecule has 0 aliphatic heterocycles. The first-order valence-electron chi connectivity index (χ1n) is 16.0. The number of hydrogen-bond donors (Lipinski definition) is 5. The molecule has 4 amide bonds. The van der Waals surface area contributed by atoms with Gasteiger partial charge in [0.2, 0.25) is 11.7 Å². The third-order valence-electron chi connectivity index (χ3n) is 8.24. The van der Waals surface area contributed by atoms with Crippen LogP contribution in [0.1, 0.15) is 39.4 Å². The molecule has 5 rings (SSSR count). The van der Waals surface area contributed by atoms with Crippen LogP contribution in [0.3, 0.4) is 0 Å². The Morgan fingerprint density at radius 1 is 0.700 bits per heavy atom. The minimum atomic E-state index is -1.62. The Morgan fingerprint density at radius 3 is 1.90 bits per heavy atom. The van der Waals surface area contributed by atoms with E-state index in [4.69, 9.17) is 9.84 Å². The van der Waals surface area contributed by atoms with Gasteiger partial charge in [-0.2, -0.15) is 0 Å². The summed E-state index contributed by atoms with van der Waals surface area (Å²) in [6.07, 6.45) is -1.32. The smallest absolute Gasteiger partial charge is 0.407 e. The van der Waals surface area contributed by atoms with Gasteiger partial charge >= 0.3 is 12.1 Å². The molecule has 0 bridgehead atoms. The van der Waals surface area contributed by atoms with Crippen molar-refractivity contribution in [2.75, 3.05) is 19.7 Å². The first kappa shape index (κ1) is 35.0. The zero-order chi connectivity index (χ0) is 35.5. The summed E-state index contributed by atoms with van der Waals surface area (Å²) in [6.45, 7) is -0.901. The standard InChI is InChI=1S/C38H36N4O8/c43-32(22-40-36(47)25-13-5-2-6-14-25)42-34(35(46)37(48)39-20-19-33(44)45)31(21-24-11-3-1-4-12-24)41-38(49)50-23-30-28-17-9-7-15-26(28)27-16-8-10-18-29(27)30/h1-18,30-31,34H,19-23H2,(H,39,48)(H,40,47)(H,41,49)(H,42,43)(H,44,45)/t31-,34+/m1/s1. The summed E-state index contributed by atoms with van der Waals surface area (Å²) in [6, 6.07) is 29.8. The highest BCUT2D eigenvalue weighted by Crippen LogP contribution is 2.44. The molecule has 0 aromatic heterocycles. The molecule has 1 aliphatic rings. The maximum absolute atomic E-state index is 13.6. The maximum Gasteiger partial charge on any atom is 0.407 e. The number of carbonyl (C=O) groups is 6. The van der Waals surface area contributed by atoms with E-state index in [0.29, 0.717) is 11.1 Å². The van der Waals surface area contributed by atoms with Gasteiger partial charge in [-0.05, 0) is 46.4 Å². The van der Waals surface area contributed by atoms with E-state index in [1.54, 1.807) is 60.7 Å². The van der Waals surface area contributed by atoms with Gasteiger partial charge in [0, 0.05) is 18.0 Å². The van der Waals surface area contributed by atoms with E-state index < -0.39 is 60.6 Å². The predicted octanol–water partition coefficient (Wildman–Crippen LogP) is 3.21. The van der Waals surface area contributed by atoms with Crippen LogP contribution in [-0.2, 0) is 30.3 Å². The van der Waals surface area contributed by atoms with Crippen LogP contribution in [-0.4, -0.2) is 72.5 Å². The highest BCUT2D eigenvalue weighted by molar-refractivity contribution is 6.38. The third-order valence-corrected chi connectivity index (χ3v) is 8.24. The van der Waals surface area contributed by atoms with Crippen molar-refractivity contribution in [3.63, 3.8) is 0 Å². The Labute approximate surface area is 288 Å². The Balaban J connectivity index is 1.35. The topological polar surface area (TPSA) is 180 Å². The van der Waals surface area contributed by atoms with Crippen molar-refractivity contribution in [2.24, 2.45) is 0 Å². The lowest BCUT2D eigenvalue weighted by atomic mass is 9.95. The van der Waals surface area contributed by atoms with Gasteiger partial charge in [-0.3, -0.25) is 24.0 Å². The molecule has 12 nitrogen and oxygen atoms in total. The molecule has 1 aliphatic carbocycles. The number of carbonyl (C=O) groups excluding carboxylic acids is 5. The summed E-state index contributed by atoms with van der Waals surface area (Å²) in [4.78, 5) is 76.7. The molecule has 2 atom stereocenters. The maximum atomic E-state index is 13.6. The third kappa shape index (κ3) is 8.98. The fourth-order valence-corrected chi connectivity index (χ4v) is 5.85. The average molecular weight is 677 g/mol. The summed E-state index contributed by atoms with van der Waals surface area (Å²) < 4.78 is 5.73. The molecular weight excluding hydrogens is 640 g/mol. The molecule has 0 saturated carbocycles. The van der Waals surface area contributed by atoms with E-state index in [-0.39, 0.29) is 25.5 Å². The van der Waals surface area contributed by atoms with E-state index in [1.165, 1.54) is 0 Å². The van der Waals surface area contributed by atoms with Crippen LogP contribution in [0.5, 0.6) is 0 Å². The quantitative estimate of drug-likeness (QED) is 0.119. The number of carboxylic acids is 1. The van der Waals surface area contributed by atoms with Crippen molar-refractivity contribution in [1.82, 2.24) is 21.3 Å². The molecule has 5 N–H and O–H groups in total. The minimum absolute atomic E-state index is 0.000498. The zero-order valence-electron chi connectivity index (χ0n) is 27.0. The Kier molecular flexibility index (Phi) is 11.7. The summed E-state index contributed by atoms with van der Waals surface area (Å²) in [5.74, 6) is -5.05. The molecule has 12 heteroatoms. The molecule has 4 aromatic carbocycles. The van der Waals surface area contributed by atoms with Crippen molar-refractivity contribution in [1.29, 1.82) is 0 Å². The Hall–Kier alpha value is -6.30. The number of nitrogens with one attached hydrogen (secondary N) is 4. The number of alkyl carbamates (subject to hydrolysis) is 1. The van der Waals surface area contributed by atoms with Gasteiger partial charge in [-0.25, -0.2) is 4.79 Å². The number of amides is 4. The van der Waals surface area contributed by atoms with Crippen molar-refractivity contribution >= 4 is 35.6 Å². The number of fused-ring (bicyclic) bond motifs is 3. The van der Waals surface area contributed by atoms with Crippen LogP contribution in [0.25, 0.3) is 11.1 Å². The zero-order valence-corrected chi connectivity index (χ0v) is 27.0. The molecular formula is C38H36N4O8. The molecule has 0 radical (unpaired) electrons. The van der Waals surface area contributed by atoms with Gasteiger partial charge < -0.3 is 31.1 Å². The minimum Gasteiger partial charge on any atom is -0.481 e. The van der Waals surface area contributed by atoms with Crippen LogP contribution >= 0.6 is 0 Å². The number of rotatable bonds is 15. The van der Waals surface area contributed by atoms with E-state index in [9.17, 15) is 28.8 Å². The lowest BCUT2D eigenvalue weighted by Crippen LogP contribution is -2.60. The van der Waals surface area contributed by atoms with Crippen molar-refractivity contribution in [3.05, 3.63) is 131 Å². The molecule has 0 spiro atoms. The van der Waals surface area contributed by atoms with Crippen LogP contribution in [0, 0.1) is 0 Å². The SMILES string of the molecule is O=C(O)CCNC(=O)C(=O)[C@@H](NC(=O)CNC(=O)c1ccccc1)[C@@H](Cc1ccccc1)NC(=O)OCC1c2ccccc2-c2ccccc21. The first-order valence-corrected chi connectivity index (χ1v) is 16.0. The number of hydrogen-bond acceptors (Lipinski definition) is 7. The van der Waals surface area contributed by atoms with Gasteiger partial charge in [0.05, 0.1) is 19.0 Å². The number of carboxylic acid groups (broad SMARTS) is 1. The summed E-state index contributed by atoms with van der Waals surface area (Å²) >= 11 is 0. The van der Waals surface area contributed by atoms with Crippen LogP contribution in [0.4, 0.5) is 4.79 Å².